The first-order chi connectivity index (χ1) is 10.7. The molecule has 0 bridgehead atoms. The van der Waals surface area contributed by atoms with Crippen LogP contribution in [0.5, 0.6) is 0 Å². The van der Waals surface area contributed by atoms with Crippen molar-refractivity contribution in [3.8, 4) is 0 Å². The molecule has 1 fully saturated rings. The van der Waals surface area contributed by atoms with Gasteiger partial charge in [-0.2, -0.15) is 0 Å². The highest BCUT2D eigenvalue weighted by Crippen LogP contribution is 2.20. The Bertz CT molecular complexity index is 435. The lowest BCUT2D eigenvalue weighted by Gasteiger charge is -2.32. The second-order valence-corrected chi connectivity index (χ2v) is 6.96. The number of carbonyl (C=O) groups excluding carboxylic acids is 1. The largest absolute Gasteiger partial charge is 0.380 e. The number of hydrogen-bond acceptors (Lipinski definition) is 5. The van der Waals surface area contributed by atoms with E-state index in [0.29, 0.717) is 18.9 Å². The molecule has 0 aromatic carbocycles. The van der Waals surface area contributed by atoms with E-state index in [1.807, 2.05) is 11.3 Å². The van der Waals surface area contributed by atoms with Crippen LogP contribution in [0, 0.1) is 5.92 Å². The van der Waals surface area contributed by atoms with Crippen LogP contribution in [0.15, 0.2) is 17.5 Å². The molecule has 1 aromatic rings. The van der Waals surface area contributed by atoms with E-state index in [-0.39, 0.29) is 12.0 Å². The van der Waals surface area contributed by atoms with Gasteiger partial charge in [-0.1, -0.05) is 6.07 Å². The van der Waals surface area contributed by atoms with Crippen molar-refractivity contribution in [1.29, 1.82) is 0 Å². The Morgan fingerprint density at radius 2 is 2.50 bits per heavy atom. The van der Waals surface area contributed by atoms with E-state index in [0.717, 1.165) is 26.2 Å². The summed E-state index contributed by atoms with van der Waals surface area (Å²) in [6.07, 6.45) is 2.56. The maximum Gasteiger partial charge on any atom is 0.222 e. The molecule has 1 amide bonds. The molecule has 0 spiro atoms. The molecule has 1 aromatic heterocycles. The second-order valence-electron chi connectivity index (χ2n) is 5.92. The number of likely N-dealkylation sites (tertiary alicyclic amines) is 1. The summed E-state index contributed by atoms with van der Waals surface area (Å²) >= 11 is 1.81. The molecule has 0 radical (unpaired) electrons. The monoisotopic (exact) mass is 325 g/mol. The smallest absolute Gasteiger partial charge is 0.222 e. The van der Waals surface area contributed by atoms with Crippen LogP contribution in [0.25, 0.3) is 0 Å². The van der Waals surface area contributed by atoms with E-state index in [2.05, 4.69) is 27.7 Å². The summed E-state index contributed by atoms with van der Waals surface area (Å²) in [5.41, 5.74) is 5.54. The molecule has 1 aliphatic rings. The van der Waals surface area contributed by atoms with Gasteiger partial charge in [-0.3, -0.25) is 9.69 Å². The van der Waals surface area contributed by atoms with Crippen molar-refractivity contribution in [1.82, 2.24) is 10.2 Å². The number of ether oxygens (including phenoxy) is 1. The van der Waals surface area contributed by atoms with Crippen molar-refractivity contribution in [2.24, 2.45) is 11.7 Å². The molecule has 3 N–H and O–H groups in total. The number of nitrogens with zero attached hydrogens (tertiary/aromatic N) is 1. The minimum absolute atomic E-state index is 0.0349. The standard InChI is InChI=1S/C16H27N3O2S/c1-21-14(9-17)8-16(20)18-10-13-4-2-6-19(11-13)12-15-5-3-7-22-15/h3,5,7,13-14H,2,4,6,8-12,17H2,1H3,(H,18,20). The van der Waals surface area contributed by atoms with E-state index < -0.39 is 0 Å². The highest BCUT2D eigenvalue weighted by molar-refractivity contribution is 7.09. The molecule has 1 saturated heterocycles. The average molecular weight is 325 g/mol. The molecular weight excluding hydrogens is 298 g/mol. The summed E-state index contributed by atoms with van der Waals surface area (Å²) in [5.74, 6) is 0.573. The van der Waals surface area contributed by atoms with Gasteiger partial charge in [0.2, 0.25) is 5.91 Å². The number of nitrogens with two attached hydrogens (primary N) is 1. The summed E-state index contributed by atoms with van der Waals surface area (Å²) in [6, 6.07) is 4.29. The van der Waals surface area contributed by atoms with Crippen molar-refractivity contribution in [2.45, 2.75) is 31.9 Å². The third kappa shape index (κ3) is 5.68. The molecule has 0 aliphatic carbocycles. The minimum Gasteiger partial charge on any atom is -0.380 e. The molecular formula is C16H27N3O2S. The van der Waals surface area contributed by atoms with Crippen molar-refractivity contribution >= 4 is 17.2 Å². The van der Waals surface area contributed by atoms with Gasteiger partial charge in [0, 0.05) is 38.2 Å². The molecule has 6 heteroatoms. The first-order valence-corrected chi connectivity index (χ1v) is 8.83. The van der Waals surface area contributed by atoms with Crippen LogP contribution in [0.3, 0.4) is 0 Å². The van der Waals surface area contributed by atoms with Gasteiger partial charge in [0.25, 0.3) is 0 Å². The van der Waals surface area contributed by atoms with Crippen LogP contribution in [-0.2, 0) is 16.1 Å². The Morgan fingerprint density at radius 1 is 1.64 bits per heavy atom. The molecule has 2 atom stereocenters. The quantitative estimate of drug-likeness (QED) is 0.759. The molecule has 2 heterocycles. The zero-order valence-electron chi connectivity index (χ0n) is 13.3. The summed E-state index contributed by atoms with van der Waals surface area (Å²) in [5, 5.41) is 5.16. The maximum absolute atomic E-state index is 11.9. The number of rotatable bonds is 8. The topological polar surface area (TPSA) is 67.6 Å². The van der Waals surface area contributed by atoms with Crippen molar-refractivity contribution in [3.05, 3.63) is 22.4 Å². The van der Waals surface area contributed by atoms with Gasteiger partial charge in [0.05, 0.1) is 12.5 Å². The minimum atomic E-state index is -0.179. The maximum atomic E-state index is 11.9. The molecule has 1 aliphatic heterocycles. The Kier molecular flexibility index (Phi) is 7.32. The Labute approximate surface area is 136 Å². The number of nitrogens with one attached hydrogen (secondary N) is 1. The SMILES string of the molecule is COC(CN)CC(=O)NCC1CCCN(Cc2cccs2)C1. The summed E-state index contributed by atoms with van der Waals surface area (Å²) in [4.78, 5) is 15.8. The van der Waals surface area contributed by atoms with Crippen LogP contribution >= 0.6 is 11.3 Å². The van der Waals surface area contributed by atoms with Crippen molar-refractivity contribution in [3.63, 3.8) is 0 Å². The van der Waals surface area contributed by atoms with E-state index >= 15 is 0 Å². The molecule has 22 heavy (non-hydrogen) atoms. The highest BCUT2D eigenvalue weighted by atomic mass is 32.1. The Balaban J connectivity index is 1.70. The fraction of sp³-hybridized carbons (Fsp3) is 0.688. The van der Waals surface area contributed by atoms with Crippen molar-refractivity contribution < 1.29 is 9.53 Å². The van der Waals surface area contributed by atoms with Gasteiger partial charge < -0.3 is 15.8 Å². The highest BCUT2D eigenvalue weighted by Gasteiger charge is 2.21. The van der Waals surface area contributed by atoms with Crippen LogP contribution < -0.4 is 11.1 Å². The first-order valence-electron chi connectivity index (χ1n) is 7.95. The predicted octanol–water partition coefficient (Wildman–Crippen LogP) is 1.44. The van der Waals surface area contributed by atoms with Crippen LogP contribution in [0.1, 0.15) is 24.1 Å². The first kappa shape index (κ1) is 17.4. The molecule has 2 rings (SSSR count). The summed E-state index contributed by atoms with van der Waals surface area (Å²) < 4.78 is 5.14. The number of amides is 1. The van der Waals surface area contributed by atoms with E-state index in [1.165, 1.54) is 17.7 Å². The third-order valence-electron chi connectivity index (χ3n) is 4.16. The lowest BCUT2D eigenvalue weighted by atomic mass is 9.98. The fourth-order valence-corrected chi connectivity index (χ4v) is 3.63. The number of carbonyl (C=O) groups is 1. The number of piperidine rings is 1. The van der Waals surface area contributed by atoms with Gasteiger partial charge in [0.15, 0.2) is 0 Å². The van der Waals surface area contributed by atoms with Gasteiger partial charge in [-0.15, -0.1) is 11.3 Å². The zero-order valence-corrected chi connectivity index (χ0v) is 14.1. The lowest BCUT2D eigenvalue weighted by molar-refractivity contribution is -0.123. The number of thiophene rings is 1. The third-order valence-corrected chi connectivity index (χ3v) is 5.02. The predicted molar refractivity (Wildman–Crippen MR) is 89.8 cm³/mol. The Morgan fingerprint density at radius 3 is 3.18 bits per heavy atom. The number of methoxy groups -OCH3 is 1. The van der Waals surface area contributed by atoms with Crippen LogP contribution in [0.2, 0.25) is 0 Å². The molecule has 124 valence electrons. The lowest BCUT2D eigenvalue weighted by Crippen LogP contribution is -2.41. The van der Waals surface area contributed by atoms with Gasteiger partial charge in [-0.05, 0) is 36.8 Å². The Hall–Kier alpha value is -0.950. The summed E-state index contributed by atoms with van der Waals surface area (Å²) in [7, 11) is 1.59. The zero-order chi connectivity index (χ0) is 15.8. The molecule has 2 unspecified atom stereocenters. The van der Waals surface area contributed by atoms with Crippen LogP contribution in [0.4, 0.5) is 0 Å². The van der Waals surface area contributed by atoms with E-state index in [1.54, 1.807) is 7.11 Å². The van der Waals surface area contributed by atoms with Gasteiger partial charge >= 0.3 is 0 Å². The van der Waals surface area contributed by atoms with Gasteiger partial charge in [0.1, 0.15) is 0 Å². The molecule has 0 saturated carbocycles. The average Bonchev–Trinajstić information content (AvgIpc) is 3.04. The van der Waals surface area contributed by atoms with Crippen LogP contribution in [-0.4, -0.2) is 50.2 Å². The van der Waals surface area contributed by atoms with Gasteiger partial charge in [-0.25, -0.2) is 0 Å². The number of hydrogen-bond donors (Lipinski definition) is 2. The van der Waals surface area contributed by atoms with E-state index in [4.69, 9.17) is 10.5 Å². The normalized spacial score (nSPS) is 20.7. The van der Waals surface area contributed by atoms with Crippen molar-refractivity contribution in [2.75, 3.05) is 33.3 Å². The second kappa shape index (κ2) is 9.25. The van der Waals surface area contributed by atoms with E-state index in [9.17, 15) is 4.79 Å². The summed E-state index contributed by atoms with van der Waals surface area (Å²) in [6.45, 7) is 4.37. The molecule has 5 nitrogen and oxygen atoms in total. The fourth-order valence-electron chi connectivity index (χ4n) is 2.88.